The molecule has 15 heteroatoms. The molecule has 3 aliphatic rings. The van der Waals surface area contributed by atoms with E-state index in [1.165, 1.54) is 14.2 Å². The Morgan fingerprint density at radius 3 is 2.45 bits per heavy atom. The molecule has 6 aromatic rings. The van der Waals surface area contributed by atoms with Crippen LogP contribution >= 0.6 is 0 Å². The molecule has 15 nitrogen and oxygen atoms in total. The van der Waals surface area contributed by atoms with Crippen molar-refractivity contribution >= 4 is 45.7 Å². The number of fused-ring (bicyclic) bond motifs is 6. The van der Waals surface area contributed by atoms with Gasteiger partial charge in [-0.05, 0) is 77.1 Å². The molecule has 4 N–H and O–H groups in total. The van der Waals surface area contributed by atoms with E-state index in [1.54, 1.807) is 18.2 Å². The summed E-state index contributed by atoms with van der Waals surface area (Å²) in [5, 5.41) is 7.46. The van der Waals surface area contributed by atoms with Crippen molar-refractivity contribution in [2.45, 2.75) is 70.2 Å². The van der Waals surface area contributed by atoms with Crippen molar-refractivity contribution in [2.75, 3.05) is 34.5 Å². The summed E-state index contributed by atoms with van der Waals surface area (Å²) in [5.74, 6) is 1.42. The van der Waals surface area contributed by atoms with Crippen LogP contribution in [0.2, 0.25) is 0 Å². The summed E-state index contributed by atoms with van der Waals surface area (Å²) in [6.45, 7) is 5.13. The lowest BCUT2D eigenvalue weighted by atomic mass is 9.85. The predicted octanol–water partition coefficient (Wildman–Crippen LogP) is 8.13. The van der Waals surface area contributed by atoms with Gasteiger partial charge in [0.25, 0.3) is 0 Å². The zero-order valence-electron chi connectivity index (χ0n) is 36.6. The number of alkyl carbamates (subject to hydrolysis) is 2. The smallest absolute Gasteiger partial charge is 0.407 e. The van der Waals surface area contributed by atoms with E-state index in [1.807, 2.05) is 50.2 Å². The molecular weight excluding hydrogens is 815 g/mol. The fourth-order valence-corrected chi connectivity index (χ4v) is 9.94. The van der Waals surface area contributed by atoms with Crippen molar-refractivity contribution in [3.05, 3.63) is 102 Å². The van der Waals surface area contributed by atoms with Gasteiger partial charge in [0.15, 0.2) is 5.78 Å². The van der Waals surface area contributed by atoms with Crippen LogP contribution in [-0.4, -0.2) is 89.2 Å². The average molecular weight is 868 g/mol. The molecule has 9 rings (SSSR count). The molecule has 4 heterocycles. The van der Waals surface area contributed by atoms with Crippen molar-refractivity contribution in [3.63, 3.8) is 0 Å². The molecular formula is C49H53N7O8. The number of likely N-dealkylation sites (tertiary alicyclic amines) is 1. The van der Waals surface area contributed by atoms with E-state index >= 15 is 0 Å². The molecule has 1 saturated heterocycles. The summed E-state index contributed by atoms with van der Waals surface area (Å²) >= 11 is 0. The standard InChI is InChI=1S/C49H53N7O8/c1-26(2)41(54-48(59)62-4)47(58)56-23-27(24-61-3)18-39(56)46-50-22-38(52-46)30-14-16-32-31(19-30)25-64-40-21-35-29(20-36(32)40)15-17-37-43(35)53-45(51-37)34-13-9-12-33(34)44(57)42(55-49(60)63-5)28-10-7-6-8-11-28/h6-8,10-11,14-17,19-22,26-27,33-34,39,41-42H,9,12-13,18,23-25H2,1-5H3,(H,50,52)(H,51,53)(H,54,59)(H,55,60)/t27-,33?,34+,39-,41-,42+/m0/s1. The number of imidazole rings is 2. The second-order valence-corrected chi connectivity index (χ2v) is 17.4. The summed E-state index contributed by atoms with van der Waals surface area (Å²) in [7, 11) is 4.24. The van der Waals surface area contributed by atoms with Crippen LogP contribution in [-0.2, 0) is 30.4 Å². The molecule has 0 bridgehead atoms. The Kier molecular flexibility index (Phi) is 11.8. The van der Waals surface area contributed by atoms with Gasteiger partial charge < -0.3 is 44.4 Å². The molecule has 1 unspecified atom stereocenters. The molecule has 6 atom stereocenters. The first-order valence-electron chi connectivity index (χ1n) is 21.9. The summed E-state index contributed by atoms with van der Waals surface area (Å²) in [6.07, 6.45) is 3.53. The lowest BCUT2D eigenvalue weighted by Gasteiger charge is -2.30. The van der Waals surface area contributed by atoms with Crippen LogP contribution in [0.4, 0.5) is 9.59 Å². The minimum atomic E-state index is -0.833. The highest BCUT2D eigenvalue weighted by Gasteiger charge is 2.42. The maximum Gasteiger partial charge on any atom is 0.407 e. The summed E-state index contributed by atoms with van der Waals surface area (Å²) in [6, 6.07) is 22.0. The van der Waals surface area contributed by atoms with E-state index in [2.05, 4.69) is 57.0 Å². The van der Waals surface area contributed by atoms with Crippen LogP contribution in [0.25, 0.3) is 44.2 Å². The normalized spacial score (nSPS) is 20.1. The first-order valence-corrected chi connectivity index (χ1v) is 21.9. The number of hydrogen-bond donors (Lipinski definition) is 4. The monoisotopic (exact) mass is 867 g/mol. The van der Waals surface area contributed by atoms with Crippen molar-refractivity contribution in [1.82, 2.24) is 35.5 Å². The zero-order chi connectivity index (χ0) is 44.6. The van der Waals surface area contributed by atoms with E-state index in [0.29, 0.717) is 44.0 Å². The van der Waals surface area contributed by atoms with Gasteiger partial charge in [0, 0.05) is 42.4 Å². The third kappa shape index (κ3) is 8.04. The fraction of sp³-hybridized carbons (Fsp3) is 0.388. The van der Waals surface area contributed by atoms with Crippen LogP contribution < -0.4 is 15.4 Å². The van der Waals surface area contributed by atoms with Crippen LogP contribution in [0, 0.1) is 17.8 Å². The molecule has 1 saturated carbocycles. The number of nitrogens with one attached hydrogen (secondary N) is 4. The topological polar surface area (TPSA) is 190 Å². The van der Waals surface area contributed by atoms with Crippen LogP contribution in [0.3, 0.4) is 0 Å². The molecule has 2 fully saturated rings. The highest BCUT2D eigenvalue weighted by molar-refractivity contribution is 6.07. The quantitative estimate of drug-likeness (QED) is 0.0935. The number of aromatic amines is 2. The number of amides is 3. The number of Topliss-reactive ketones (excluding diaryl/α,β-unsaturated/α-hetero) is 1. The van der Waals surface area contributed by atoms with Gasteiger partial charge in [0.05, 0.1) is 49.8 Å². The number of carbonyl (C=O) groups excluding carboxylic acids is 4. The van der Waals surface area contributed by atoms with E-state index in [9.17, 15) is 19.2 Å². The summed E-state index contributed by atoms with van der Waals surface area (Å²) in [5.41, 5.74) is 7.24. The van der Waals surface area contributed by atoms with Gasteiger partial charge in [0.1, 0.15) is 36.1 Å². The number of carbonyl (C=O) groups is 4. The van der Waals surface area contributed by atoms with E-state index < -0.39 is 24.3 Å². The molecule has 0 spiro atoms. The largest absolute Gasteiger partial charge is 0.488 e. The van der Waals surface area contributed by atoms with Gasteiger partial charge >= 0.3 is 12.2 Å². The lowest BCUT2D eigenvalue weighted by Crippen LogP contribution is -2.51. The van der Waals surface area contributed by atoms with Gasteiger partial charge in [-0.2, -0.15) is 0 Å². The summed E-state index contributed by atoms with van der Waals surface area (Å²) in [4.78, 5) is 71.5. The molecule has 332 valence electrons. The van der Waals surface area contributed by atoms with Crippen LogP contribution in [0.15, 0.2) is 79.0 Å². The Morgan fingerprint density at radius 2 is 1.69 bits per heavy atom. The highest BCUT2D eigenvalue weighted by atomic mass is 16.5. The average Bonchev–Trinajstić information content (AvgIpc) is 4.15. The van der Waals surface area contributed by atoms with Crippen LogP contribution in [0.5, 0.6) is 5.75 Å². The zero-order valence-corrected chi connectivity index (χ0v) is 36.6. The number of methoxy groups -OCH3 is 3. The molecule has 2 aromatic heterocycles. The highest BCUT2D eigenvalue weighted by Crippen LogP contribution is 2.45. The SMILES string of the molecule is COC[C@H]1C[C@@H](c2ncc(-c3ccc4c(c3)COc3cc5c(ccc6[nH]c([C@@H]7CCCC7C(=O)[C@H](NC(=O)OC)c7ccccc7)nc65)cc3-4)[nH]2)N(C(=O)[C@@H](NC(=O)OC)C(C)C)C1. The fourth-order valence-electron chi connectivity index (χ4n) is 9.94. The number of rotatable bonds is 12. The van der Waals surface area contributed by atoms with E-state index in [0.717, 1.165) is 74.2 Å². The van der Waals surface area contributed by atoms with Gasteiger partial charge in [0.2, 0.25) is 5.91 Å². The number of benzene rings is 4. The molecule has 0 radical (unpaired) electrons. The Hall–Kier alpha value is -6.74. The number of ether oxygens (including phenoxy) is 4. The van der Waals surface area contributed by atoms with Crippen molar-refractivity contribution < 1.29 is 38.1 Å². The first kappa shape index (κ1) is 42.6. The number of aromatic nitrogens is 4. The first-order chi connectivity index (χ1) is 31.0. The number of H-pyrrole nitrogens is 2. The minimum absolute atomic E-state index is 0.0589. The van der Waals surface area contributed by atoms with Crippen molar-refractivity contribution in [2.24, 2.45) is 17.8 Å². The Labute approximate surface area is 370 Å². The van der Waals surface area contributed by atoms with Gasteiger partial charge in [-0.25, -0.2) is 19.6 Å². The molecule has 3 amide bonds. The van der Waals surface area contributed by atoms with Crippen LogP contribution in [0.1, 0.15) is 80.3 Å². The third-order valence-electron chi connectivity index (χ3n) is 13.1. The predicted molar refractivity (Wildman–Crippen MR) is 239 cm³/mol. The molecule has 4 aromatic carbocycles. The minimum Gasteiger partial charge on any atom is -0.488 e. The summed E-state index contributed by atoms with van der Waals surface area (Å²) < 4.78 is 21.6. The lowest BCUT2D eigenvalue weighted by molar-refractivity contribution is -0.135. The number of hydrogen-bond acceptors (Lipinski definition) is 10. The Bertz CT molecular complexity index is 2730. The van der Waals surface area contributed by atoms with E-state index in [4.69, 9.17) is 28.9 Å². The molecule has 2 aliphatic heterocycles. The molecule has 1 aliphatic carbocycles. The van der Waals surface area contributed by atoms with Gasteiger partial charge in [-0.1, -0.05) is 68.8 Å². The number of nitrogens with zero attached hydrogens (tertiary/aromatic N) is 3. The van der Waals surface area contributed by atoms with Crippen molar-refractivity contribution in [1.29, 1.82) is 0 Å². The maximum absolute atomic E-state index is 14.2. The van der Waals surface area contributed by atoms with Crippen molar-refractivity contribution in [3.8, 4) is 28.1 Å². The van der Waals surface area contributed by atoms with E-state index in [-0.39, 0.29) is 41.4 Å². The third-order valence-corrected chi connectivity index (χ3v) is 13.1. The van der Waals surface area contributed by atoms with Gasteiger partial charge in [-0.15, -0.1) is 0 Å². The van der Waals surface area contributed by atoms with Gasteiger partial charge in [-0.3, -0.25) is 9.59 Å². The Balaban J connectivity index is 0.966. The maximum atomic E-state index is 14.2. The second-order valence-electron chi connectivity index (χ2n) is 17.4. The molecule has 64 heavy (non-hydrogen) atoms. The Morgan fingerprint density at radius 1 is 0.891 bits per heavy atom. The second kappa shape index (κ2) is 17.8. The number of ketones is 1.